The monoisotopic (exact) mass is 345 g/mol. The van der Waals surface area contributed by atoms with Crippen molar-refractivity contribution in [2.45, 2.75) is 26.6 Å². The van der Waals surface area contributed by atoms with Crippen LogP contribution in [-0.2, 0) is 11.3 Å². The Hall–Kier alpha value is -2.32. The first-order valence-electron chi connectivity index (χ1n) is 7.34. The molecular weight excluding hydrogens is 327 g/mol. The molecule has 2 heterocycles. The number of carboxylic acids is 1. The van der Waals surface area contributed by atoms with E-state index in [0.717, 1.165) is 21.9 Å². The van der Waals surface area contributed by atoms with Gasteiger partial charge in [0.1, 0.15) is 0 Å². The van der Waals surface area contributed by atoms with E-state index >= 15 is 0 Å². The summed E-state index contributed by atoms with van der Waals surface area (Å²) in [5.74, 6) is -5.24. The number of likely N-dealkylation sites (tertiary alicyclic amines) is 1. The molecule has 2 atom stereocenters. The van der Waals surface area contributed by atoms with Gasteiger partial charge in [-0.15, -0.1) is 0 Å². The number of carbonyl (C=O) groups is 2. The number of amides is 2. The van der Waals surface area contributed by atoms with Crippen LogP contribution in [0.3, 0.4) is 0 Å². The first-order valence-corrected chi connectivity index (χ1v) is 7.34. The molecule has 1 aromatic rings. The second-order valence-electron chi connectivity index (χ2n) is 5.91. The highest BCUT2D eigenvalue weighted by molar-refractivity contribution is 5.77. The fourth-order valence-corrected chi connectivity index (χ4v) is 2.86. The fourth-order valence-electron chi connectivity index (χ4n) is 2.86. The summed E-state index contributed by atoms with van der Waals surface area (Å²) in [7, 11) is 0. The minimum absolute atomic E-state index is 0.133. The van der Waals surface area contributed by atoms with Crippen molar-refractivity contribution in [1.82, 2.24) is 15.2 Å². The maximum Gasteiger partial charge on any atom is 0.394 e. The number of pyridine rings is 1. The number of nitrogens with zero attached hydrogens (tertiary/aromatic N) is 2. The van der Waals surface area contributed by atoms with Gasteiger partial charge >= 0.3 is 18.2 Å². The predicted molar refractivity (Wildman–Crippen MR) is 78.2 cm³/mol. The Kier molecular flexibility index (Phi) is 5.00. The Labute approximate surface area is 136 Å². The van der Waals surface area contributed by atoms with Crippen LogP contribution in [0.15, 0.2) is 12.1 Å². The fraction of sp³-hybridized carbons (Fsp3) is 0.533. The van der Waals surface area contributed by atoms with Crippen LogP contribution in [0.25, 0.3) is 0 Å². The highest BCUT2D eigenvalue weighted by atomic mass is 19.4. The molecule has 24 heavy (non-hydrogen) atoms. The van der Waals surface area contributed by atoms with Gasteiger partial charge in [0.05, 0.1) is 11.8 Å². The minimum Gasteiger partial charge on any atom is -0.481 e. The zero-order valence-corrected chi connectivity index (χ0v) is 13.2. The van der Waals surface area contributed by atoms with Crippen molar-refractivity contribution in [1.29, 1.82) is 0 Å². The van der Waals surface area contributed by atoms with E-state index in [9.17, 15) is 22.8 Å². The summed E-state index contributed by atoms with van der Waals surface area (Å²) < 4.78 is 38.8. The number of hydrogen-bond acceptors (Lipinski definition) is 3. The van der Waals surface area contributed by atoms with Crippen molar-refractivity contribution in [2.75, 3.05) is 13.1 Å². The van der Waals surface area contributed by atoms with E-state index in [1.54, 1.807) is 26.0 Å². The van der Waals surface area contributed by atoms with Gasteiger partial charge < -0.3 is 15.3 Å². The van der Waals surface area contributed by atoms with Crippen LogP contribution in [-0.4, -0.2) is 46.3 Å². The Morgan fingerprint density at radius 2 is 1.88 bits per heavy atom. The number of carbonyl (C=O) groups excluding carboxylic acids is 1. The second-order valence-corrected chi connectivity index (χ2v) is 5.91. The van der Waals surface area contributed by atoms with Gasteiger partial charge in [-0.25, -0.2) is 4.79 Å². The number of carboxylic acid groups (broad SMARTS) is 1. The second kappa shape index (κ2) is 6.66. The highest BCUT2D eigenvalue weighted by Crippen LogP contribution is 2.37. The molecule has 132 valence electrons. The molecule has 9 heteroatoms. The molecule has 2 amide bonds. The van der Waals surface area contributed by atoms with E-state index in [0.29, 0.717) is 0 Å². The number of nitrogens with one attached hydrogen (secondary N) is 1. The summed E-state index contributed by atoms with van der Waals surface area (Å²) in [6.07, 6.45) is -4.66. The van der Waals surface area contributed by atoms with Gasteiger partial charge in [-0.1, -0.05) is 0 Å². The molecule has 0 bridgehead atoms. The zero-order valence-electron chi connectivity index (χ0n) is 13.2. The number of aryl methyl sites for hydroxylation is 2. The summed E-state index contributed by atoms with van der Waals surface area (Å²) in [6, 6.07) is 2.81. The summed E-state index contributed by atoms with van der Waals surface area (Å²) in [5, 5.41) is 11.5. The van der Waals surface area contributed by atoms with Crippen LogP contribution in [0.2, 0.25) is 0 Å². The van der Waals surface area contributed by atoms with Gasteiger partial charge in [-0.05, 0) is 31.5 Å². The number of aliphatic carboxylic acids is 1. The van der Waals surface area contributed by atoms with Crippen LogP contribution in [0.5, 0.6) is 0 Å². The van der Waals surface area contributed by atoms with Gasteiger partial charge in [0.25, 0.3) is 0 Å². The van der Waals surface area contributed by atoms with Gasteiger partial charge in [-0.2, -0.15) is 13.2 Å². The third-order valence-electron chi connectivity index (χ3n) is 3.93. The molecule has 2 N–H and O–H groups in total. The molecule has 0 aliphatic carbocycles. The summed E-state index contributed by atoms with van der Waals surface area (Å²) >= 11 is 0. The van der Waals surface area contributed by atoms with E-state index in [1.807, 2.05) is 0 Å². The predicted octanol–water partition coefficient (Wildman–Crippen LogP) is 2.10. The Bertz CT molecular complexity index is 628. The maximum atomic E-state index is 12.9. The topological polar surface area (TPSA) is 82.5 Å². The van der Waals surface area contributed by atoms with Crippen molar-refractivity contribution in [3.63, 3.8) is 0 Å². The van der Waals surface area contributed by atoms with Crippen LogP contribution in [0, 0.1) is 25.7 Å². The molecule has 0 radical (unpaired) electrons. The van der Waals surface area contributed by atoms with E-state index in [2.05, 4.69) is 10.3 Å². The molecule has 6 nitrogen and oxygen atoms in total. The smallest absolute Gasteiger partial charge is 0.394 e. The van der Waals surface area contributed by atoms with E-state index in [1.165, 1.54) is 0 Å². The standard InChI is InChI=1S/C15H18F3N3O3/c1-8-3-10(4-9(2)20-8)5-19-14(24)21-6-11(13(22)23)12(7-21)15(16,17)18/h3-4,11-12H,5-7H2,1-2H3,(H,19,24)(H,22,23)/t11-,12-/m1/s1. The van der Waals surface area contributed by atoms with Crippen molar-refractivity contribution < 1.29 is 27.9 Å². The molecule has 1 fully saturated rings. The molecule has 0 spiro atoms. The number of alkyl halides is 3. The molecule has 0 aromatic carbocycles. The lowest BCUT2D eigenvalue weighted by Gasteiger charge is -2.18. The number of hydrogen-bond donors (Lipinski definition) is 2. The molecule has 1 aromatic heterocycles. The Balaban J connectivity index is 2.01. The van der Waals surface area contributed by atoms with E-state index in [4.69, 9.17) is 5.11 Å². The molecule has 0 unspecified atom stereocenters. The number of aromatic nitrogens is 1. The number of rotatable bonds is 3. The maximum absolute atomic E-state index is 12.9. The van der Waals surface area contributed by atoms with Gasteiger partial charge in [-0.3, -0.25) is 9.78 Å². The average Bonchev–Trinajstić information content (AvgIpc) is 2.89. The van der Waals surface area contributed by atoms with Crippen LogP contribution in [0.4, 0.5) is 18.0 Å². The summed E-state index contributed by atoms with van der Waals surface area (Å²) in [5.41, 5.74) is 2.31. The van der Waals surface area contributed by atoms with Crippen molar-refractivity contribution in [2.24, 2.45) is 11.8 Å². The minimum atomic E-state index is -4.66. The summed E-state index contributed by atoms with van der Waals surface area (Å²) in [4.78, 5) is 28.2. The highest BCUT2D eigenvalue weighted by Gasteiger charge is 2.53. The van der Waals surface area contributed by atoms with Gasteiger partial charge in [0.2, 0.25) is 0 Å². The summed E-state index contributed by atoms with van der Waals surface area (Å²) in [6.45, 7) is 2.61. The zero-order chi connectivity index (χ0) is 18.1. The first kappa shape index (κ1) is 18.0. The van der Waals surface area contributed by atoms with Gasteiger partial charge in [0.15, 0.2) is 0 Å². The van der Waals surface area contributed by atoms with Crippen molar-refractivity contribution in [3.05, 3.63) is 29.1 Å². The lowest BCUT2D eigenvalue weighted by atomic mass is 9.96. The lowest BCUT2D eigenvalue weighted by Crippen LogP contribution is -2.39. The molecule has 1 aliphatic heterocycles. The first-order chi connectivity index (χ1) is 11.1. The lowest BCUT2D eigenvalue weighted by molar-refractivity contribution is -0.187. The molecule has 1 saturated heterocycles. The molecular formula is C15H18F3N3O3. The van der Waals surface area contributed by atoms with E-state index in [-0.39, 0.29) is 6.54 Å². The van der Waals surface area contributed by atoms with Crippen molar-refractivity contribution in [3.8, 4) is 0 Å². The largest absolute Gasteiger partial charge is 0.481 e. The molecule has 1 aliphatic rings. The quantitative estimate of drug-likeness (QED) is 0.879. The van der Waals surface area contributed by atoms with Crippen LogP contribution >= 0.6 is 0 Å². The third-order valence-corrected chi connectivity index (χ3v) is 3.93. The molecule has 0 saturated carbocycles. The van der Waals surface area contributed by atoms with Crippen molar-refractivity contribution >= 4 is 12.0 Å². The van der Waals surface area contributed by atoms with Crippen LogP contribution < -0.4 is 5.32 Å². The Morgan fingerprint density at radius 1 is 1.29 bits per heavy atom. The third kappa shape index (κ3) is 4.15. The SMILES string of the molecule is Cc1cc(CNC(=O)N2C[C@@H](C(F)(F)F)[C@H](C(=O)O)C2)cc(C)n1. The normalized spacial score (nSPS) is 21.0. The van der Waals surface area contributed by atoms with E-state index < -0.39 is 43.1 Å². The number of urea groups is 1. The van der Waals surface area contributed by atoms with Gasteiger partial charge in [0, 0.05) is 31.0 Å². The average molecular weight is 345 g/mol. The Morgan fingerprint density at radius 3 is 2.33 bits per heavy atom. The number of halogens is 3. The van der Waals surface area contributed by atoms with Crippen LogP contribution in [0.1, 0.15) is 17.0 Å². The molecule has 2 rings (SSSR count).